The quantitative estimate of drug-likeness (QED) is 0.651. The summed E-state index contributed by atoms with van der Waals surface area (Å²) in [6.45, 7) is 4.20. The minimum Gasteiger partial charge on any atom is -0.493 e. The predicted octanol–water partition coefficient (Wildman–Crippen LogP) is 1.67. The highest BCUT2D eigenvalue weighted by Gasteiger charge is 2.35. The molecular weight excluding hydrogens is 412 g/mol. The summed E-state index contributed by atoms with van der Waals surface area (Å²) < 4.78 is 16.3. The lowest BCUT2D eigenvalue weighted by molar-refractivity contribution is 0.0188. The van der Waals surface area contributed by atoms with Crippen LogP contribution in [-0.2, 0) is 4.74 Å². The van der Waals surface area contributed by atoms with Gasteiger partial charge in [-0.3, -0.25) is 9.69 Å². The Morgan fingerprint density at radius 2 is 1.88 bits per heavy atom. The third-order valence-electron chi connectivity index (χ3n) is 6.25. The average molecular weight is 449 g/mol. The number of urea groups is 1. The van der Waals surface area contributed by atoms with Crippen LogP contribution in [0.25, 0.3) is 0 Å². The highest BCUT2D eigenvalue weighted by atomic mass is 16.5. The lowest BCUT2D eigenvalue weighted by Gasteiger charge is -2.38. The number of benzene rings is 1. The van der Waals surface area contributed by atoms with Gasteiger partial charge in [0.25, 0.3) is 5.91 Å². The van der Waals surface area contributed by atoms with E-state index in [0.29, 0.717) is 36.2 Å². The third kappa shape index (κ3) is 5.63. The van der Waals surface area contributed by atoms with E-state index in [-0.39, 0.29) is 18.0 Å². The van der Waals surface area contributed by atoms with Gasteiger partial charge in [0.15, 0.2) is 11.5 Å². The van der Waals surface area contributed by atoms with Gasteiger partial charge in [-0.2, -0.15) is 0 Å². The monoisotopic (exact) mass is 448 g/mol. The fourth-order valence-electron chi connectivity index (χ4n) is 4.61. The standard InChI is InChI=1S/C23H36N4O5/c1-25(2)23(29)26-12-8-18(16-26)27(17-9-14-32-15-10-17)13-11-24-22(28)19-6-5-7-20(30-3)21(19)31-4/h5-7,17-18H,8-16H2,1-4H3,(H,24,28). The highest BCUT2D eigenvalue weighted by molar-refractivity contribution is 5.97. The Balaban J connectivity index is 1.64. The Morgan fingerprint density at radius 3 is 2.53 bits per heavy atom. The van der Waals surface area contributed by atoms with Gasteiger partial charge < -0.3 is 29.3 Å². The van der Waals surface area contributed by atoms with Crippen LogP contribution in [-0.4, -0.2) is 106 Å². The van der Waals surface area contributed by atoms with Gasteiger partial charge in [-0.15, -0.1) is 0 Å². The number of likely N-dealkylation sites (tertiary alicyclic amines) is 1. The van der Waals surface area contributed by atoms with Gasteiger partial charge in [0, 0.05) is 65.6 Å². The maximum atomic E-state index is 12.8. The third-order valence-corrected chi connectivity index (χ3v) is 6.25. The van der Waals surface area contributed by atoms with Crippen LogP contribution in [0.15, 0.2) is 18.2 Å². The van der Waals surface area contributed by atoms with Crippen molar-refractivity contribution in [2.45, 2.75) is 31.3 Å². The second-order valence-corrected chi connectivity index (χ2v) is 8.44. The molecule has 178 valence electrons. The molecule has 0 saturated carbocycles. The van der Waals surface area contributed by atoms with Gasteiger partial charge in [0.2, 0.25) is 0 Å². The minimum absolute atomic E-state index is 0.0536. The molecule has 1 atom stereocenters. The Kier molecular flexibility index (Phi) is 8.58. The van der Waals surface area contributed by atoms with Crippen molar-refractivity contribution in [3.05, 3.63) is 23.8 Å². The molecule has 2 aliphatic rings. The maximum Gasteiger partial charge on any atom is 0.319 e. The van der Waals surface area contributed by atoms with Crippen molar-refractivity contribution in [1.82, 2.24) is 20.0 Å². The topological polar surface area (TPSA) is 83.6 Å². The molecule has 1 aromatic carbocycles. The molecule has 0 spiro atoms. The molecule has 32 heavy (non-hydrogen) atoms. The molecular formula is C23H36N4O5. The summed E-state index contributed by atoms with van der Waals surface area (Å²) in [6.07, 6.45) is 2.88. The largest absolute Gasteiger partial charge is 0.493 e. The Hall–Kier alpha value is -2.52. The smallest absolute Gasteiger partial charge is 0.319 e. The first kappa shape index (κ1) is 24.1. The number of hydrogen-bond donors (Lipinski definition) is 1. The van der Waals surface area contributed by atoms with Crippen LogP contribution in [0.2, 0.25) is 0 Å². The van der Waals surface area contributed by atoms with Gasteiger partial charge in [-0.25, -0.2) is 4.79 Å². The van der Waals surface area contributed by atoms with E-state index in [4.69, 9.17) is 14.2 Å². The number of ether oxygens (including phenoxy) is 3. The SMILES string of the molecule is COc1cccc(C(=O)NCCN(C2CCOCC2)C2CCN(C(=O)N(C)C)C2)c1OC. The molecule has 3 rings (SSSR count). The molecule has 9 nitrogen and oxygen atoms in total. The number of methoxy groups -OCH3 is 2. The van der Waals surface area contributed by atoms with Crippen molar-refractivity contribution in [1.29, 1.82) is 0 Å². The Bertz CT molecular complexity index is 782. The first-order valence-corrected chi connectivity index (χ1v) is 11.2. The number of rotatable bonds is 8. The normalized spacial score (nSPS) is 19.2. The lowest BCUT2D eigenvalue weighted by atomic mass is 10.0. The minimum atomic E-state index is -0.191. The van der Waals surface area contributed by atoms with Crippen molar-refractivity contribution in [2.75, 3.05) is 67.7 Å². The first-order chi connectivity index (χ1) is 15.5. The molecule has 9 heteroatoms. The Labute approximate surface area is 190 Å². The van der Waals surface area contributed by atoms with Crippen molar-refractivity contribution < 1.29 is 23.8 Å². The zero-order valence-electron chi connectivity index (χ0n) is 19.6. The summed E-state index contributed by atoms with van der Waals surface area (Å²) in [5.74, 6) is 0.770. The van der Waals surface area contributed by atoms with Gasteiger partial charge in [0.1, 0.15) is 0 Å². The number of carbonyl (C=O) groups excluding carboxylic acids is 2. The maximum absolute atomic E-state index is 12.8. The number of nitrogens with zero attached hydrogens (tertiary/aromatic N) is 3. The molecule has 3 amide bonds. The van der Waals surface area contributed by atoms with Gasteiger partial charge in [-0.05, 0) is 31.4 Å². The predicted molar refractivity (Wildman–Crippen MR) is 121 cm³/mol. The van der Waals surface area contributed by atoms with Gasteiger partial charge in [-0.1, -0.05) is 6.07 Å². The zero-order chi connectivity index (χ0) is 23.1. The number of amides is 3. The lowest BCUT2D eigenvalue weighted by Crippen LogP contribution is -2.50. The van der Waals surface area contributed by atoms with E-state index in [1.165, 1.54) is 7.11 Å². The molecule has 2 heterocycles. The molecule has 1 unspecified atom stereocenters. The number of hydrogen-bond acceptors (Lipinski definition) is 6. The van der Waals surface area contributed by atoms with Crippen molar-refractivity contribution in [3.8, 4) is 11.5 Å². The molecule has 0 aromatic heterocycles. The van der Waals surface area contributed by atoms with Gasteiger partial charge >= 0.3 is 6.03 Å². The summed E-state index contributed by atoms with van der Waals surface area (Å²) in [6, 6.07) is 6.01. The molecule has 2 fully saturated rings. The molecule has 1 aromatic rings. The first-order valence-electron chi connectivity index (χ1n) is 11.2. The zero-order valence-corrected chi connectivity index (χ0v) is 19.6. The number of para-hydroxylation sites is 1. The summed E-state index contributed by atoms with van der Waals surface area (Å²) in [5, 5.41) is 3.03. The summed E-state index contributed by atoms with van der Waals surface area (Å²) in [5.41, 5.74) is 0.452. The number of carbonyl (C=O) groups is 2. The van der Waals surface area contributed by atoms with Crippen LogP contribution >= 0.6 is 0 Å². The van der Waals surface area contributed by atoms with E-state index in [1.807, 2.05) is 4.90 Å². The second-order valence-electron chi connectivity index (χ2n) is 8.44. The van der Waals surface area contributed by atoms with Crippen LogP contribution in [0.1, 0.15) is 29.6 Å². The molecule has 1 N–H and O–H groups in total. The highest BCUT2D eigenvalue weighted by Crippen LogP contribution is 2.30. The van der Waals surface area contributed by atoms with E-state index in [2.05, 4.69) is 10.2 Å². The van der Waals surface area contributed by atoms with Crippen LogP contribution in [0.3, 0.4) is 0 Å². The molecule has 2 aliphatic heterocycles. The van der Waals surface area contributed by atoms with Crippen LogP contribution < -0.4 is 14.8 Å². The van der Waals surface area contributed by atoms with Crippen molar-refractivity contribution in [2.24, 2.45) is 0 Å². The van der Waals surface area contributed by atoms with Crippen molar-refractivity contribution >= 4 is 11.9 Å². The molecule has 0 bridgehead atoms. The fourth-order valence-corrected chi connectivity index (χ4v) is 4.61. The summed E-state index contributed by atoms with van der Waals surface area (Å²) in [7, 11) is 6.65. The fraction of sp³-hybridized carbons (Fsp3) is 0.652. The van der Waals surface area contributed by atoms with Crippen molar-refractivity contribution in [3.63, 3.8) is 0 Å². The Morgan fingerprint density at radius 1 is 1.12 bits per heavy atom. The average Bonchev–Trinajstić information content (AvgIpc) is 3.30. The molecule has 0 radical (unpaired) electrons. The molecule has 2 saturated heterocycles. The van der Waals surface area contributed by atoms with E-state index < -0.39 is 0 Å². The van der Waals surface area contributed by atoms with E-state index in [0.717, 1.165) is 45.6 Å². The van der Waals surface area contributed by atoms with Crippen LogP contribution in [0.4, 0.5) is 4.79 Å². The second kappa shape index (κ2) is 11.4. The number of nitrogens with one attached hydrogen (secondary N) is 1. The van der Waals surface area contributed by atoms with Gasteiger partial charge in [0.05, 0.1) is 19.8 Å². The summed E-state index contributed by atoms with van der Waals surface area (Å²) in [4.78, 5) is 31.2. The van der Waals surface area contributed by atoms with E-state index in [9.17, 15) is 9.59 Å². The summed E-state index contributed by atoms with van der Waals surface area (Å²) >= 11 is 0. The van der Waals surface area contributed by atoms with Crippen LogP contribution in [0.5, 0.6) is 11.5 Å². The van der Waals surface area contributed by atoms with Crippen LogP contribution in [0, 0.1) is 0 Å². The molecule has 0 aliphatic carbocycles. The van der Waals surface area contributed by atoms with E-state index >= 15 is 0 Å². The van der Waals surface area contributed by atoms with E-state index in [1.54, 1.807) is 44.3 Å².